The van der Waals surface area contributed by atoms with E-state index in [1.165, 1.54) is 11.3 Å². The van der Waals surface area contributed by atoms with E-state index >= 15 is 0 Å². The maximum Gasteiger partial charge on any atom is 0.150 e. The summed E-state index contributed by atoms with van der Waals surface area (Å²) in [5.74, 6) is 0. The van der Waals surface area contributed by atoms with E-state index in [1.807, 2.05) is 12.1 Å². The summed E-state index contributed by atoms with van der Waals surface area (Å²) in [5.41, 5.74) is 0.538. The number of carbonyl (C=O) groups excluding carboxylic acids is 1. The highest BCUT2D eigenvalue weighted by Gasteiger charge is 1.99. The first-order chi connectivity index (χ1) is 4.74. The SMILES string of the molecule is C=C(C=O)c1ccc(Br)s1. The van der Waals surface area contributed by atoms with Gasteiger partial charge in [-0.3, -0.25) is 4.79 Å². The van der Waals surface area contributed by atoms with Crippen molar-refractivity contribution in [1.29, 1.82) is 0 Å². The zero-order valence-corrected chi connectivity index (χ0v) is 7.54. The number of hydrogen-bond acceptors (Lipinski definition) is 2. The lowest BCUT2D eigenvalue weighted by Crippen LogP contribution is -1.74. The summed E-state index contributed by atoms with van der Waals surface area (Å²) < 4.78 is 1.02. The highest BCUT2D eigenvalue weighted by molar-refractivity contribution is 9.11. The summed E-state index contributed by atoms with van der Waals surface area (Å²) in [6.45, 7) is 3.58. The molecule has 10 heavy (non-hydrogen) atoms. The Balaban J connectivity index is 2.95. The largest absolute Gasteiger partial charge is 0.298 e. The molecule has 1 rings (SSSR count). The lowest BCUT2D eigenvalue weighted by molar-refractivity contribution is -0.103. The minimum absolute atomic E-state index is 0.538. The number of aldehydes is 1. The molecular weight excluding hydrogens is 212 g/mol. The Hall–Kier alpha value is -0.410. The quantitative estimate of drug-likeness (QED) is 0.549. The molecule has 0 N–H and O–H groups in total. The molecular formula is C7H5BrOS. The van der Waals surface area contributed by atoms with Crippen molar-refractivity contribution in [2.24, 2.45) is 0 Å². The van der Waals surface area contributed by atoms with Crippen molar-refractivity contribution in [3.8, 4) is 0 Å². The van der Waals surface area contributed by atoms with Gasteiger partial charge in [-0.15, -0.1) is 11.3 Å². The van der Waals surface area contributed by atoms with Crippen molar-refractivity contribution in [3.05, 3.63) is 27.4 Å². The smallest absolute Gasteiger partial charge is 0.150 e. The van der Waals surface area contributed by atoms with E-state index in [2.05, 4.69) is 22.5 Å². The standard InChI is InChI=1S/C7H5BrOS/c1-5(4-9)6-2-3-7(8)10-6/h2-4H,1H2. The first-order valence-electron chi connectivity index (χ1n) is 2.64. The molecule has 0 fully saturated rings. The molecule has 1 aromatic heterocycles. The maximum absolute atomic E-state index is 10.2. The minimum atomic E-state index is 0.538. The molecule has 0 radical (unpaired) electrons. The number of carbonyl (C=O) groups is 1. The molecule has 0 aliphatic carbocycles. The molecule has 0 unspecified atom stereocenters. The van der Waals surface area contributed by atoms with Crippen LogP contribution >= 0.6 is 27.3 Å². The van der Waals surface area contributed by atoms with E-state index in [4.69, 9.17) is 0 Å². The van der Waals surface area contributed by atoms with Crippen LogP contribution in [-0.2, 0) is 4.79 Å². The Labute approximate surface area is 71.5 Å². The molecule has 0 atom stereocenters. The zero-order valence-electron chi connectivity index (χ0n) is 5.13. The monoisotopic (exact) mass is 216 g/mol. The lowest BCUT2D eigenvalue weighted by Gasteiger charge is -1.86. The van der Waals surface area contributed by atoms with Gasteiger partial charge in [-0.25, -0.2) is 0 Å². The van der Waals surface area contributed by atoms with E-state index in [-0.39, 0.29) is 0 Å². The molecule has 1 heterocycles. The summed E-state index contributed by atoms with van der Waals surface area (Å²) in [7, 11) is 0. The van der Waals surface area contributed by atoms with Crippen LogP contribution in [0.5, 0.6) is 0 Å². The zero-order chi connectivity index (χ0) is 7.56. The molecule has 52 valence electrons. The van der Waals surface area contributed by atoms with Crippen molar-refractivity contribution in [1.82, 2.24) is 0 Å². The van der Waals surface area contributed by atoms with Gasteiger partial charge >= 0.3 is 0 Å². The molecule has 0 aromatic carbocycles. The molecule has 0 bridgehead atoms. The Kier molecular flexibility index (Phi) is 2.40. The van der Waals surface area contributed by atoms with Gasteiger partial charge in [0.2, 0.25) is 0 Å². The number of halogens is 1. The van der Waals surface area contributed by atoms with Gasteiger partial charge in [-0.05, 0) is 28.1 Å². The van der Waals surface area contributed by atoms with Gasteiger partial charge in [-0.1, -0.05) is 6.58 Å². The summed E-state index contributed by atoms with van der Waals surface area (Å²) in [5, 5.41) is 0. The van der Waals surface area contributed by atoms with E-state index in [1.54, 1.807) is 0 Å². The second-order valence-corrected chi connectivity index (χ2v) is 4.21. The van der Waals surface area contributed by atoms with Gasteiger partial charge in [0.15, 0.2) is 6.29 Å². The van der Waals surface area contributed by atoms with Gasteiger partial charge in [0.25, 0.3) is 0 Å². The molecule has 0 aliphatic heterocycles. The summed E-state index contributed by atoms with van der Waals surface area (Å²) >= 11 is 4.80. The van der Waals surface area contributed by atoms with E-state index < -0.39 is 0 Å². The third-order valence-electron chi connectivity index (χ3n) is 1.03. The van der Waals surface area contributed by atoms with Crippen LogP contribution in [0.3, 0.4) is 0 Å². The van der Waals surface area contributed by atoms with Crippen LogP contribution in [0.2, 0.25) is 0 Å². The van der Waals surface area contributed by atoms with Gasteiger partial charge in [-0.2, -0.15) is 0 Å². The van der Waals surface area contributed by atoms with E-state index in [9.17, 15) is 4.79 Å². The number of allylic oxidation sites excluding steroid dienone is 1. The van der Waals surface area contributed by atoms with Crippen LogP contribution in [0.15, 0.2) is 22.5 Å². The van der Waals surface area contributed by atoms with Crippen molar-refractivity contribution in [3.63, 3.8) is 0 Å². The minimum Gasteiger partial charge on any atom is -0.298 e. The second-order valence-electron chi connectivity index (χ2n) is 1.75. The van der Waals surface area contributed by atoms with Crippen LogP contribution in [0.4, 0.5) is 0 Å². The number of thiophene rings is 1. The molecule has 0 saturated heterocycles. The first kappa shape index (κ1) is 7.69. The van der Waals surface area contributed by atoms with Crippen LogP contribution < -0.4 is 0 Å². The average molecular weight is 217 g/mol. The molecule has 3 heteroatoms. The Morgan fingerprint density at radius 1 is 1.70 bits per heavy atom. The fourth-order valence-electron chi connectivity index (χ4n) is 0.545. The summed E-state index contributed by atoms with van der Waals surface area (Å²) in [6, 6.07) is 3.76. The van der Waals surface area contributed by atoms with Crippen LogP contribution in [0, 0.1) is 0 Å². The average Bonchev–Trinajstić information content (AvgIpc) is 2.34. The van der Waals surface area contributed by atoms with Gasteiger partial charge in [0, 0.05) is 10.5 Å². The van der Waals surface area contributed by atoms with Crippen molar-refractivity contribution >= 4 is 39.1 Å². The third-order valence-corrected chi connectivity index (χ3v) is 2.73. The predicted octanol–water partition coefficient (Wildman–Crippen LogP) is 2.72. The van der Waals surface area contributed by atoms with Crippen molar-refractivity contribution < 1.29 is 4.79 Å². The second kappa shape index (κ2) is 3.12. The topological polar surface area (TPSA) is 17.1 Å². The molecule has 0 spiro atoms. The van der Waals surface area contributed by atoms with Crippen LogP contribution in [-0.4, -0.2) is 6.29 Å². The lowest BCUT2D eigenvalue weighted by atomic mass is 10.3. The summed E-state index contributed by atoms with van der Waals surface area (Å²) in [6.07, 6.45) is 0.762. The van der Waals surface area contributed by atoms with Crippen molar-refractivity contribution in [2.45, 2.75) is 0 Å². The molecule has 1 aromatic rings. The van der Waals surface area contributed by atoms with Gasteiger partial charge < -0.3 is 0 Å². The third kappa shape index (κ3) is 1.55. The fraction of sp³-hybridized carbons (Fsp3) is 0. The highest BCUT2D eigenvalue weighted by atomic mass is 79.9. The molecule has 0 amide bonds. The Bertz CT molecular complexity index is 264. The molecule has 0 saturated carbocycles. The molecule has 1 nitrogen and oxygen atoms in total. The van der Waals surface area contributed by atoms with E-state index in [0.29, 0.717) is 5.57 Å². The van der Waals surface area contributed by atoms with Gasteiger partial charge in [0.05, 0.1) is 3.79 Å². The number of rotatable bonds is 2. The predicted molar refractivity (Wildman–Crippen MR) is 47.1 cm³/mol. The summed E-state index contributed by atoms with van der Waals surface area (Å²) in [4.78, 5) is 11.1. The Morgan fingerprint density at radius 3 is 2.80 bits per heavy atom. The fourth-order valence-corrected chi connectivity index (χ4v) is 1.86. The molecule has 0 aliphatic rings. The van der Waals surface area contributed by atoms with Crippen molar-refractivity contribution in [2.75, 3.05) is 0 Å². The normalized spacial score (nSPS) is 9.30. The first-order valence-corrected chi connectivity index (χ1v) is 4.25. The van der Waals surface area contributed by atoms with Gasteiger partial charge in [0.1, 0.15) is 0 Å². The number of hydrogen-bond donors (Lipinski definition) is 0. The Morgan fingerprint density at radius 2 is 2.40 bits per heavy atom. The highest BCUT2D eigenvalue weighted by Crippen LogP contribution is 2.25. The van der Waals surface area contributed by atoms with Crippen LogP contribution in [0.1, 0.15) is 4.88 Å². The van der Waals surface area contributed by atoms with E-state index in [0.717, 1.165) is 14.9 Å². The van der Waals surface area contributed by atoms with Crippen LogP contribution in [0.25, 0.3) is 5.57 Å². The maximum atomic E-state index is 10.2.